The molecule has 0 saturated carbocycles. The van der Waals surface area contributed by atoms with Crippen LogP contribution in [0.15, 0.2) is 23.6 Å². The number of fused-ring (bicyclic) bond motifs is 1. The average molecular weight is 535 g/mol. The largest absolute Gasteiger partial charge is 0.493 e. The molecule has 1 atom stereocenters. The van der Waals surface area contributed by atoms with E-state index in [4.69, 9.17) is 16.3 Å². The van der Waals surface area contributed by atoms with Gasteiger partial charge in [-0.05, 0) is 57.7 Å². The minimum absolute atomic E-state index is 0.0596. The van der Waals surface area contributed by atoms with E-state index < -0.39 is 6.04 Å². The Labute approximate surface area is 222 Å². The lowest BCUT2D eigenvalue weighted by Gasteiger charge is -2.29. The Hall–Kier alpha value is -2.65. The summed E-state index contributed by atoms with van der Waals surface area (Å²) in [5, 5.41) is 3.31. The first-order chi connectivity index (χ1) is 17.2. The number of rotatable bonds is 2. The number of thiazole rings is 1. The maximum Gasteiger partial charge on any atom is 0.258 e. The Kier molecular flexibility index (Phi) is 10.1. The zero-order valence-electron chi connectivity index (χ0n) is 21.5. The van der Waals surface area contributed by atoms with Gasteiger partial charge in [-0.15, -0.1) is 11.3 Å². The van der Waals surface area contributed by atoms with E-state index in [-0.39, 0.29) is 17.7 Å². The molecule has 0 radical (unpaired) electrons. The molecule has 0 aliphatic carbocycles. The van der Waals surface area contributed by atoms with Gasteiger partial charge in [0.1, 0.15) is 11.8 Å². The molecule has 0 N–H and O–H groups in total. The fourth-order valence-electron chi connectivity index (χ4n) is 4.11. The summed E-state index contributed by atoms with van der Waals surface area (Å²) in [4.78, 5) is 48.7. The lowest BCUT2D eigenvalue weighted by molar-refractivity contribution is -0.134. The summed E-state index contributed by atoms with van der Waals surface area (Å²) < 4.78 is 5.95. The van der Waals surface area contributed by atoms with Crippen molar-refractivity contribution in [2.45, 2.75) is 52.0 Å². The molecule has 8 nitrogen and oxygen atoms in total. The van der Waals surface area contributed by atoms with Gasteiger partial charge in [0, 0.05) is 44.1 Å². The number of carbonyl (C=O) groups excluding carboxylic acids is 3. The van der Waals surface area contributed by atoms with Crippen LogP contribution in [0, 0.1) is 6.92 Å². The van der Waals surface area contributed by atoms with Gasteiger partial charge in [-0.2, -0.15) is 0 Å². The Bertz CT molecular complexity index is 1080. The summed E-state index contributed by atoms with van der Waals surface area (Å²) in [6, 6.07) is 4.29. The van der Waals surface area contributed by atoms with Crippen molar-refractivity contribution in [2.75, 3.05) is 40.3 Å². The highest BCUT2D eigenvalue weighted by Gasteiger charge is 2.28. The van der Waals surface area contributed by atoms with Crippen LogP contribution < -0.4 is 4.74 Å². The number of benzene rings is 1. The first-order valence-corrected chi connectivity index (χ1v) is 13.6. The number of nitrogens with zero attached hydrogens (tertiary/aromatic N) is 4. The minimum atomic E-state index is -0.648. The Morgan fingerprint density at radius 2 is 1.83 bits per heavy atom. The van der Waals surface area contributed by atoms with E-state index in [2.05, 4.69) is 4.98 Å². The molecule has 10 heteroatoms. The second-order valence-electron chi connectivity index (χ2n) is 9.17. The van der Waals surface area contributed by atoms with Crippen molar-refractivity contribution < 1.29 is 19.1 Å². The number of ether oxygens (including phenoxy) is 1. The molecule has 0 unspecified atom stereocenters. The van der Waals surface area contributed by atoms with Gasteiger partial charge in [0.25, 0.3) is 5.91 Å². The predicted octanol–water partition coefficient (Wildman–Crippen LogP) is 4.05. The van der Waals surface area contributed by atoms with Crippen molar-refractivity contribution in [3.63, 3.8) is 0 Å². The van der Waals surface area contributed by atoms with Gasteiger partial charge < -0.3 is 19.4 Å². The van der Waals surface area contributed by atoms with Crippen LogP contribution in [0.3, 0.4) is 0 Å². The third kappa shape index (κ3) is 7.43. The standard InChI is InChI=1S/C26H35ClN4O4S/c1-18-25(33)29(3)11-5-6-12-31(24(32)16-21-17-36-19(2)28-21)13-7-8-14-35-23-10-9-20(27)15-22(23)26(34)30(18)4/h9-10,15,17-18H,5-8,11-14,16H2,1-4H3/t18-/m0/s1. The molecule has 3 rings (SSSR count). The predicted molar refractivity (Wildman–Crippen MR) is 142 cm³/mol. The van der Waals surface area contributed by atoms with Gasteiger partial charge in [-0.1, -0.05) is 11.6 Å². The van der Waals surface area contributed by atoms with Crippen LogP contribution in [0.25, 0.3) is 0 Å². The summed E-state index contributed by atoms with van der Waals surface area (Å²) in [5.74, 6) is 0.0245. The number of carbonyl (C=O) groups is 3. The molecule has 2 heterocycles. The van der Waals surface area contributed by atoms with Crippen molar-refractivity contribution in [1.29, 1.82) is 0 Å². The average Bonchev–Trinajstić information content (AvgIpc) is 3.27. The zero-order chi connectivity index (χ0) is 26.2. The topological polar surface area (TPSA) is 83.0 Å². The molecule has 1 aromatic heterocycles. The normalized spacial score (nSPS) is 19.0. The van der Waals surface area contributed by atoms with Crippen LogP contribution in [0.5, 0.6) is 5.75 Å². The van der Waals surface area contributed by atoms with E-state index in [0.29, 0.717) is 49.0 Å². The minimum Gasteiger partial charge on any atom is -0.493 e. The number of hydrogen-bond acceptors (Lipinski definition) is 6. The summed E-state index contributed by atoms with van der Waals surface area (Å²) >= 11 is 7.72. The highest BCUT2D eigenvalue weighted by atomic mass is 35.5. The van der Waals surface area contributed by atoms with Gasteiger partial charge in [-0.25, -0.2) is 4.98 Å². The zero-order valence-corrected chi connectivity index (χ0v) is 23.0. The molecule has 36 heavy (non-hydrogen) atoms. The molecule has 0 fully saturated rings. The van der Waals surface area contributed by atoms with Gasteiger partial charge in [0.2, 0.25) is 11.8 Å². The van der Waals surface area contributed by atoms with E-state index in [9.17, 15) is 14.4 Å². The monoisotopic (exact) mass is 534 g/mol. The molecule has 1 aliphatic rings. The molecular weight excluding hydrogens is 500 g/mol. The van der Waals surface area contributed by atoms with Crippen molar-refractivity contribution in [2.24, 2.45) is 0 Å². The van der Waals surface area contributed by atoms with E-state index in [1.165, 1.54) is 4.90 Å². The van der Waals surface area contributed by atoms with E-state index >= 15 is 0 Å². The Morgan fingerprint density at radius 1 is 1.14 bits per heavy atom. The molecular formula is C26H35ClN4O4S. The molecule has 196 valence electrons. The summed E-state index contributed by atoms with van der Waals surface area (Å²) in [5.41, 5.74) is 1.13. The van der Waals surface area contributed by atoms with Crippen molar-refractivity contribution in [1.82, 2.24) is 19.7 Å². The van der Waals surface area contributed by atoms with Crippen LogP contribution in [-0.4, -0.2) is 83.8 Å². The molecule has 2 aromatic rings. The maximum atomic E-state index is 13.2. The van der Waals surface area contributed by atoms with Crippen molar-refractivity contribution in [3.8, 4) is 5.75 Å². The van der Waals surface area contributed by atoms with Gasteiger partial charge in [0.15, 0.2) is 0 Å². The Morgan fingerprint density at radius 3 is 2.53 bits per heavy atom. The summed E-state index contributed by atoms with van der Waals surface area (Å²) in [6.45, 7) is 5.84. The second-order valence-corrected chi connectivity index (χ2v) is 10.7. The lowest BCUT2D eigenvalue weighted by Crippen LogP contribution is -2.47. The number of aromatic nitrogens is 1. The smallest absolute Gasteiger partial charge is 0.258 e. The summed E-state index contributed by atoms with van der Waals surface area (Å²) in [6.07, 6.45) is 3.33. The molecule has 0 saturated heterocycles. The van der Waals surface area contributed by atoms with Gasteiger partial charge in [0.05, 0.1) is 29.3 Å². The molecule has 1 aromatic carbocycles. The van der Waals surface area contributed by atoms with E-state index in [0.717, 1.165) is 36.4 Å². The molecule has 3 amide bonds. The van der Waals surface area contributed by atoms with Crippen molar-refractivity contribution in [3.05, 3.63) is 44.9 Å². The third-order valence-electron chi connectivity index (χ3n) is 6.41. The highest BCUT2D eigenvalue weighted by Crippen LogP contribution is 2.25. The van der Waals surface area contributed by atoms with Crippen LogP contribution >= 0.6 is 22.9 Å². The van der Waals surface area contributed by atoms with Gasteiger partial charge in [-0.3, -0.25) is 14.4 Å². The quantitative estimate of drug-likeness (QED) is 0.580. The fraction of sp³-hybridized carbons (Fsp3) is 0.538. The Balaban J connectivity index is 1.76. The van der Waals surface area contributed by atoms with Crippen LogP contribution in [0.1, 0.15) is 53.7 Å². The molecule has 0 spiro atoms. The van der Waals surface area contributed by atoms with Gasteiger partial charge >= 0.3 is 0 Å². The van der Waals surface area contributed by atoms with Crippen molar-refractivity contribution >= 4 is 40.7 Å². The fourth-order valence-corrected chi connectivity index (χ4v) is 4.90. The SMILES string of the molecule is Cc1nc(CC(=O)N2CCCCOc3ccc(Cl)cc3C(=O)N(C)[C@@H](C)C(=O)N(C)CCCC2)cs1. The van der Waals surface area contributed by atoms with E-state index in [1.54, 1.807) is 55.5 Å². The molecule has 1 aliphatic heterocycles. The molecule has 0 bridgehead atoms. The number of aryl methyl sites for hydroxylation is 1. The first-order valence-electron chi connectivity index (χ1n) is 12.3. The van der Waals surface area contributed by atoms with Crippen LogP contribution in [0.2, 0.25) is 5.02 Å². The number of hydrogen-bond donors (Lipinski definition) is 0. The number of amides is 3. The lowest BCUT2D eigenvalue weighted by atomic mass is 10.1. The summed E-state index contributed by atoms with van der Waals surface area (Å²) in [7, 11) is 3.36. The maximum absolute atomic E-state index is 13.2. The van der Waals surface area contributed by atoms with Crippen LogP contribution in [-0.2, 0) is 16.0 Å². The van der Waals surface area contributed by atoms with Crippen LogP contribution in [0.4, 0.5) is 0 Å². The highest BCUT2D eigenvalue weighted by molar-refractivity contribution is 7.09. The second kappa shape index (κ2) is 13.1. The number of halogens is 1. The first kappa shape index (κ1) is 27.9. The van der Waals surface area contributed by atoms with E-state index in [1.807, 2.05) is 17.2 Å². The number of likely N-dealkylation sites (N-methyl/N-ethyl adjacent to an activating group) is 2. The third-order valence-corrected chi connectivity index (χ3v) is 7.47.